The van der Waals surface area contributed by atoms with Crippen molar-refractivity contribution in [1.82, 2.24) is 9.97 Å². The molecule has 0 aliphatic carbocycles. The third kappa shape index (κ3) is 20.2. The fraction of sp³-hybridized carbons (Fsp3) is 0.407. The number of aromatic nitrogens is 2. The fourth-order valence-corrected chi connectivity index (χ4v) is 11.5. The van der Waals surface area contributed by atoms with Crippen LogP contribution in [-0.4, -0.2) is 89.6 Å². The van der Waals surface area contributed by atoms with Crippen LogP contribution in [0.2, 0.25) is 0 Å². The van der Waals surface area contributed by atoms with Crippen LogP contribution in [-0.2, 0) is 9.13 Å². The fourth-order valence-electron chi connectivity index (χ4n) is 7.33. The van der Waals surface area contributed by atoms with Crippen molar-refractivity contribution in [2.24, 2.45) is 22.4 Å². The average Bonchev–Trinajstić information content (AvgIpc) is 4.01. The minimum atomic E-state index is -5.30. The van der Waals surface area contributed by atoms with Gasteiger partial charge in [0, 0.05) is 38.4 Å². The van der Waals surface area contributed by atoms with Crippen LogP contribution in [0.1, 0.15) is 122 Å². The molecule has 0 unspecified atom stereocenters. The lowest BCUT2D eigenvalue weighted by Crippen LogP contribution is -2.29. The van der Waals surface area contributed by atoms with Gasteiger partial charge in [-0.1, -0.05) is 32.9 Å². The van der Waals surface area contributed by atoms with Gasteiger partial charge in [-0.3, -0.25) is 14.5 Å². The largest absolute Gasteiger partial charge is 0.494 e. The van der Waals surface area contributed by atoms with Crippen molar-refractivity contribution >= 4 is 49.5 Å². The lowest BCUT2D eigenvalue weighted by Gasteiger charge is -2.28. The van der Waals surface area contributed by atoms with Crippen LogP contribution in [0.15, 0.2) is 102 Å². The van der Waals surface area contributed by atoms with Gasteiger partial charge in [-0.05, 0) is 174 Å². The molecule has 0 aliphatic rings. The Hall–Kier alpha value is -5.70. The number of nitrogens with zero attached hydrogens (tertiary/aromatic N) is 3. The average molecular weight is 1140 g/mol. The molecule has 77 heavy (non-hydrogen) atoms. The highest BCUT2D eigenvalue weighted by Crippen LogP contribution is 2.69. The quantitative estimate of drug-likeness (QED) is 0.00572. The Morgan fingerprint density at radius 2 is 0.909 bits per heavy atom. The van der Waals surface area contributed by atoms with E-state index in [2.05, 4.69) is 71.0 Å². The molecule has 0 saturated heterocycles. The predicted molar refractivity (Wildman–Crippen MR) is 306 cm³/mol. The summed E-state index contributed by atoms with van der Waals surface area (Å²) < 4.78 is 44.7. The second-order valence-electron chi connectivity index (χ2n) is 18.5. The van der Waals surface area contributed by atoms with Crippen molar-refractivity contribution in [2.75, 3.05) is 33.0 Å². The van der Waals surface area contributed by atoms with E-state index in [4.69, 9.17) is 76.3 Å². The van der Waals surface area contributed by atoms with Crippen LogP contribution in [0.5, 0.6) is 23.0 Å². The summed E-state index contributed by atoms with van der Waals surface area (Å²) in [6.45, 7) is 15.6. The number of rotatable bonds is 27. The number of nitrogens with one attached hydrogen (secondary N) is 1. The van der Waals surface area contributed by atoms with Gasteiger partial charge in [0.25, 0.3) is 5.08 Å². The third-order valence-corrected chi connectivity index (χ3v) is 18.0. The van der Waals surface area contributed by atoms with E-state index in [1.807, 2.05) is 48.5 Å². The second-order valence-corrected chi connectivity index (χ2v) is 24.9. The Morgan fingerprint density at radius 3 is 1.19 bits per heavy atom. The second kappa shape index (κ2) is 31.0. The summed E-state index contributed by atoms with van der Waals surface area (Å²) in [6, 6.07) is 31.0. The van der Waals surface area contributed by atoms with E-state index < -0.39 is 26.7 Å². The number of hydrogen-bond donors (Lipinski definition) is 10. The number of nitrogens with two attached hydrogens (primary N) is 3. The maximum absolute atomic E-state index is 10.7. The molecule has 0 saturated carbocycles. The smallest absolute Gasteiger partial charge is 0.369 e. The minimum Gasteiger partial charge on any atom is -0.494 e. The summed E-state index contributed by atoms with van der Waals surface area (Å²) in [5.41, 5.74) is 21.9. The Labute approximate surface area is 459 Å². The van der Waals surface area contributed by atoms with Crippen LogP contribution in [0.4, 0.5) is 0 Å². The highest BCUT2D eigenvalue weighted by atomic mass is 32.1. The van der Waals surface area contributed by atoms with E-state index in [0.717, 1.165) is 94.1 Å². The molecule has 0 spiro atoms. The number of thiazole rings is 2. The normalized spacial score (nSPS) is 11.9. The van der Waals surface area contributed by atoms with Crippen LogP contribution >= 0.6 is 37.9 Å². The van der Waals surface area contributed by atoms with Crippen molar-refractivity contribution in [3.63, 3.8) is 0 Å². The molecule has 0 bridgehead atoms. The zero-order valence-corrected chi connectivity index (χ0v) is 47.9. The Balaban J connectivity index is 0.000000269. The molecular weight excluding hydrogens is 1060 g/mol. The van der Waals surface area contributed by atoms with E-state index in [1.165, 1.54) is 9.75 Å². The van der Waals surface area contributed by atoms with E-state index in [9.17, 15) is 14.2 Å². The van der Waals surface area contributed by atoms with Crippen LogP contribution in [0, 0.1) is 19.3 Å². The van der Waals surface area contributed by atoms with Crippen molar-refractivity contribution < 1.29 is 58.0 Å². The standard InChI is InChI=1S/C25H31N3O3S.C25H31N3O2S.C4H13NO7P2/c1-17(2)24-23(27-18(3)32-24)19-7-11-21(12-8-19)30-15-5-4-6-16-31-22-13-9-20(10-14-22)25(26)28-29;1-17(2)24-23(28-18(3)31-24)19-7-11-21(12-8-19)29-15-5-4-6-16-30-22-13-9-20(10-14-22)25(26)27;5-3-1-2-4(6,13(7,8)9)14(10,11)12/h7-14,17,29H,4-6,15-16H2,1-3H3,(H2,26,28);7-14,17H,4-6,15-16H2,1-3H3,(H3,26,27);6H,1-3,5H2,(H2,7,8,9)(H2,10,11,12). The van der Waals surface area contributed by atoms with Crippen LogP contribution in [0.3, 0.4) is 0 Å². The van der Waals surface area contributed by atoms with Gasteiger partial charge in [0.2, 0.25) is 0 Å². The first kappa shape index (κ1) is 63.8. The molecule has 4 aromatic carbocycles. The molecule has 23 heteroatoms. The number of aliphatic hydroxyl groups is 1. The van der Waals surface area contributed by atoms with E-state index >= 15 is 0 Å². The molecule has 420 valence electrons. The van der Waals surface area contributed by atoms with Gasteiger partial charge < -0.3 is 66.0 Å². The first-order valence-corrected chi connectivity index (χ1v) is 30.1. The first-order valence-electron chi connectivity index (χ1n) is 25.2. The maximum Gasteiger partial charge on any atom is 0.369 e. The monoisotopic (exact) mass is 1140 g/mol. The summed E-state index contributed by atoms with van der Waals surface area (Å²) in [5.74, 6) is 4.45. The van der Waals surface area contributed by atoms with Crippen molar-refractivity contribution in [3.05, 3.63) is 128 Å². The molecule has 0 atom stereocenters. The highest BCUT2D eigenvalue weighted by Gasteiger charge is 2.58. The van der Waals surface area contributed by atoms with E-state index in [1.54, 1.807) is 46.9 Å². The first-order chi connectivity index (χ1) is 36.5. The topological polar surface area (TPSA) is 332 Å². The van der Waals surface area contributed by atoms with Gasteiger partial charge in [-0.2, -0.15) is 0 Å². The summed E-state index contributed by atoms with van der Waals surface area (Å²) in [5, 5.41) is 27.2. The molecule has 6 aromatic rings. The van der Waals surface area contributed by atoms with Crippen molar-refractivity contribution in [3.8, 4) is 45.5 Å². The summed E-state index contributed by atoms with van der Waals surface area (Å²) in [7, 11) is -10.6. The van der Waals surface area contributed by atoms with Crippen LogP contribution in [0.25, 0.3) is 22.5 Å². The number of amidine groups is 2. The molecule has 2 heterocycles. The molecular formula is C54H75N7O12P2S2. The molecule has 2 aromatic heterocycles. The number of nitrogen functional groups attached to an aromatic ring is 1. The van der Waals surface area contributed by atoms with Gasteiger partial charge >= 0.3 is 15.2 Å². The molecule has 0 radical (unpaired) electrons. The number of hydrogen-bond acceptors (Lipinski definition) is 15. The van der Waals surface area contributed by atoms with Crippen molar-refractivity contribution in [1.29, 1.82) is 5.41 Å². The van der Waals surface area contributed by atoms with Gasteiger partial charge in [0.05, 0.1) is 47.8 Å². The highest BCUT2D eigenvalue weighted by molar-refractivity contribution is 7.72. The Kier molecular flexibility index (Phi) is 25.7. The van der Waals surface area contributed by atoms with Crippen LogP contribution < -0.4 is 36.1 Å². The SMILES string of the molecule is Cc1nc(-c2ccc(OCCCCCOc3ccc(/C(N)=N/O)cc3)cc2)c(C(C)C)s1.Cc1nc(-c2ccc(OCCCCCOc3ccc(C(=N)N)cc3)cc2)c(C(C)C)s1.NCCCC(O)(P(=O)(O)O)P(=O)(O)O. The summed E-state index contributed by atoms with van der Waals surface area (Å²) in [6.07, 6.45) is 5.08. The molecule has 6 rings (SSSR count). The molecule has 19 nitrogen and oxygen atoms in total. The Bertz CT molecular complexity index is 2830. The minimum absolute atomic E-state index is 0.0394. The van der Waals surface area contributed by atoms with E-state index in [0.29, 0.717) is 49.4 Å². The zero-order chi connectivity index (χ0) is 56.8. The zero-order valence-electron chi connectivity index (χ0n) is 44.5. The van der Waals surface area contributed by atoms with Gasteiger partial charge in [0.1, 0.15) is 28.8 Å². The lowest BCUT2D eigenvalue weighted by atomic mass is 10.1. The number of ether oxygens (including phenoxy) is 4. The number of aryl methyl sites for hydroxylation is 2. The molecule has 0 aliphatic heterocycles. The van der Waals surface area contributed by atoms with Gasteiger partial charge in [-0.25, -0.2) is 9.97 Å². The predicted octanol–water partition coefficient (Wildman–Crippen LogP) is 10.8. The molecule has 0 amide bonds. The number of benzene rings is 4. The number of unbranched alkanes of at least 4 members (excludes halogenated alkanes) is 4. The summed E-state index contributed by atoms with van der Waals surface area (Å²) >= 11 is 3.55. The van der Waals surface area contributed by atoms with Gasteiger partial charge in [0.15, 0.2) is 5.84 Å². The molecule has 0 fully saturated rings. The third-order valence-electron chi connectivity index (χ3n) is 11.5. The summed E-state index contributed by atoms with van der Waals surface area (Å²) in [4.78, 5) is 46.6. The van der Waals surface area contributed by atoms with Crippen molar-refractivity contribution in [2.45, 2.75) is 110 Å². The Morgan fingerprint density at radius 1 is 0.584 bits per heavy atom. The molecule has 13 N–H and O–H groups in total. The van der Waals surface area contributed by atoms with Gasteiger partial charge in [-0.15, -0.1) is 22.7 Å². The maximum atomic E-state index is 10.7. The van der Waals surface area contributed by atoms with E-state index in [-0.39, 0.29) is 24.6 Å². The number of oxime groups is 1. The lowest BCUT2D eigenvalue weighted by molar-refractivity contribution is 0.121.